The van der Waals surface area contributed by atoms with Gasteiger partial charge in [0.1, 0.15) is 10.7 Å². The molecule has 0 aliphatic rings. The molecule has 0 spiro atoms. The minimum atomic E-state index is -0.640. The molecule has 0 bridgehead atoms. The Balaban J connectivity index is 1.88. The third kappa shape index (κ3) is 4.17. The van der Waals surface area contributed by atoms with E-state index in [0.29, 0.717) is 5.69 Å². The number of aromatic nitrogens is 2. The highest BCUT2D eigenvalue weighted by Crippen LogP contribution is 2.32. The van der Waals surface area contributed by atoms with Gasteiger partial charge in [-0.2, -0.15) is 14.9 Å². The predicted octanol–water partition coefficient (Wildman–Crippen LogP) is 2.95. The SMILES string of the molecule is COc1cc([N+](=O)[O-])c(/C=N/Nc2cnn(-c3ccccc3)c(=O)c2Cl)cc1O. The summed E-state index contributed by atoms with van der Waals surface area (Å²) >= 11 is 6.10. The summed E-state index contributed by atoms with van der Waals surface area (Å²) in [7, 11) is 1.28. The number of nitro groups is 1. The second kappa shape index (κ2) is 8.40. The van der Waals surface area contributed by atoms with Gasteiger partial charge >= 0.3 is 0 Å². The first-order chi connectivity index (χ1) is 13.9. The van der Waals surface area contributed by atoms with Crippen molar-refractivity contribution >= 4 is 29.2 Å². The summed E-state index contributed by atoms with van der Waals surface area (Å²) in [5.41, 5.74) is 2.30. The molecule has 0 amide bonds. The van der Waals surface area contributed by atoms with Gasteiger partial charge in [0.2, 0.25) is 0 Å². The van der Waals surface area contributed by atoms with Crippen molar-refractivity contribution in [2.45, 2.75) is 0 Å². The van der Waals surface area contributed by atoms with Crippen LogP contribution in [0.25, 0.3) is 5.69 Å². The lowest BCUT2D eigenvalue weighted by molar-refractivity contribution is -0.385. The summed E-state index contributed by atoms with van der Waals surface area (Å²) < 4.78 is 5.99. The molecule has 11 heteroatoms. The van der Waals surface area contributed by atoms with E-state index in [1.807, 2.05) is 0 Å². The zero-order valence-corrected chi connectivity index (χ0v) is 15.7. The summed E-state index contributed by atoms with van der Waals surface area (Å²) in [6.45, 7) is 0. The van der Waals surface area contributed by atoms with Crippen LogP contribution in [-0.2, 0) is 0 Å². The van der Waals surface area contributed by atoms with Crippen molar-refractivity contribution in [2.24, 2.45) is 5.10 Å². The number of hydrogen-bond donors (Lipinski definition) is 2. The molecule has 1 heterocycles. The van der Waals surface area contributed by atoms with Gasteiger partial charge in [-0.15, -0.1) is 0 Å². The first kappa shape index (κ1) is 19.8. The Bertz CT molecular complexity index is 1150. The number of benzene rings is 2. The molecule has 0 aliphatic carbocycles. The van der Waals surface area contributed by atoms with Crippen LogP contribution in [0.1, 0.15) is 5.56 Å². The number of aromatic hydroxyl groups is 1. The lowest BCUT2D eigenvalue weighted by Crippen LogP contribution is -2.22. The Morgan fingerprint density at radius 1 is 1.34 bits per heavy atom. The molecule has 0 saturated carbocycles. The Labute approximate surface area is 168 Å². The number of phenols is 1. The van der Waals surface area contributed by atoms with Crippen molar-refractivity contribution in [3.8, 4) is 17.2 Å². The van der Waals surface area contributed by atoms with Gasteiger partial charge in [-0.3, -0.25) is 20.3 Å². The van der Waals surface area contributed by atoms with E-state index in [1.165, 1.54) is 13.3 Å². The molecule has 148 valence electrons. The number of nitro benzene ring substituents is 1. The maximum atomic E-state index is 12.4. The molecule has 1 aromatic heterocycles. The van der Waals surface area contributed by atoms with Gasteiger partial charge in [-0.25, -0.2) is 0 Å². The molecule has 29 heavy (non-hydrogen) atoms. The fourth-order valence-corrected chi connectivity index (χ4v) is 2.61. The number of hydrazone groups is 1. The number of nitrogens with one attached hydrogen (secondary N) is 1. The van der Waals surface area contributed by atoms with Crippen molar-refractivity contribution in [3.05, 3.63) is 79.7 Å². The second-order valence-electron chi connectivity index (χ2n) is 5.63. The van der Waals surface area contributed by atoms with Crippen LogP contribution in [0.15, 0.2) is 58.6 Å². The highest BCUT2D eigenvalue weighted by Gasteiger charge is 2.17. The maximum absolute atomic E-state index is 12.4. The molecule has 0 aliphatic heterocycles. The average Bonchev–Trinajstić information content (AvgIpc) is 2.71. The van der Waals surface area contributed by atoms with Crippen LogP contribution < -0.4 is 15.7 Å². The summed E-state index contributed by atoms with van der Waals surface area (Å²) in [4.78, 5) is 23.0. The molecule has 3 rings (SSSR count). The van der Waals surface area contributed by atoms with E-state index in [0.717, 1.165) is 23.0 Å². The van der Waals surface area contributed by atoms with Crippen LogP contribution in [0.2, 0.25) is 5.02 Å². The normalized spacial score (nSPS) is 10.8. The van der Waals surface area contributed by atoms with E-state index >= 15 is 0 Å². The van der Waals surface area contributed by atoms with E-state index in [4.69, 9.17) is 16.3 Å². The smallest absolute Gasteiger partial charge is 0.292 e. The topological polar surface area (TPSA) is 132 Å². The van der Waals surface area contributed by atoms with Crippen molar-refractivity contribution in [2.75, 3.05) is 12.5 Å². The van der Waals surface area contributed by atoms with Crippen LogP contribution in [0, 0.1) is 10.1 Å². The first-order valence-corrected chi connectivity index (χ1v) is 8.48. The van der Waals surface area contributed by atoms with E-state index in [9.17, 15) is 20.0 Å². The van der Waals surface area contributed by atoms with E-state index in [-0.39, 0.29) is 33.5 Å². The van der Waals surface area contributed by atoms with Crippen molar-refractivity contribution in [1.82, 2.24) is 9.78 Å². The van der Waals surface area contributed by atoms with Gasteiger partial charge in [0.25, 0.3) is 11.2 Å². The van der Waals surface area contributed by atoms with Crippen LogP contribution >= 0.6 is 11.6 Å². The van der Waals surface area contributed by atoms with Crippen molar-refractivity contribution in [3.63, 3.8) is 0 Å². The number of phenolic OH excluding ortho intramolecular Hbond substituents is 1. The number of nitrogens with zero attached hydrogens (tertiary/aromatic N) is 4. The third-order valence-electron chi connectivity index (χ3n) is 3.83. The Morgan fingerprint density at radius 3 is 2.72 bits per heavy atom. The van der Waals surface area contributed by atoms with Crippen LogP contribution in [-0.4, -0.2) is 33.1 Å². The highest BCUT2D eigenvalue weighted by molar-refractivity contribution is 6.32. The molecule has 0 unspecified atom stereocenters. The molecule has 2 N–H and O–H groups in total. The number of ether oxygens (including phenoxy) is 1. The Hall–Kier alpha value is -3.92. The molecule has 2 aromatic carbocycles. The molecule has 10 nitrogen and oxygen atoms in total. The zero-order chi connectivity index (χ0) is 21.0. The largest absolute Gasteiger partial charge is 0.504 e. The summed E-state index contributed by atoms with van der Waals surface area (Å²) in [6, 6.07) is 10.9. The number of halogens is 1. The molecule has 0 fully saturated rings. The number of hydrogen-bond acceptors (Lipinski definition) is 8. The molecule has 0 radical (unpaired) electrons. The minimum Gasteiger partial charge on any atom is -0.504 e. The number of para-hydroxylation sites is 1. The monoisotopic (exact) mass is 415 g/mol. The van der Waals surface area contributed by atoms with Gasteiger partial charge in [0, 0.05) is 0 Å². The first-order valence-electron chi connectivity index (χ1n) is 8.10. The van der Waals surface area contributed by atoms with E-state index in [2.05, 4.69) is 15.6 Å². The second-order valence-corrected chi connectivity index (χ2v) is 6.01. The van der Waals surface area contributed by atoms with E-state index < -0.39 is 10.5 Å². The maximum Gasteiger partial charge on any atom is 0.292 e. The highest BCUT2D eigenvalue weighted by atomic mass is 35.5. The number of rotatable bonds is 6. The molecular weight excluding hydrogens is 402 g/mol. The summed E-state index contributed by atoms with van der Waals surface area (Å²) in [5.74, 6) is -0.330. The zero-order valence-electron chi connectivity index (χ0n) is 14.9. The van der Waals surface area contributed by atoms with E-state index in [1.54, 1.807) is 30.3 Å². The molecular formula is C18H14ClN5O5. The Morgan fingerprint density at radius 2 is 2.07 bits per heavy atom. The van der Waals surface area contributed by atoms with Crippen LogP contribution in [0.5, 0.6) is 11.5 Å². The fourth-order valence-electron chi connectivity index (χ4n) is 2.43. The number of anilines is 1. The minimum absolute atomic E-state index is 0.0162. The fraction of sp³-hybridized carbons (Fsp3) is 0.0556. The van der Waals surface area contributed by atoms with Gasteiger partial charge in [0.05, 0.1) is 41.8 Å². The summed E-state index contributed by atoms with van der Waals surface area (Å²) in [5, 5.41) is 28.8. The van der Waals surface area contributed by atoms with Crippen molar-refractivity contribution in [1.29, 1.82) is 0 Å². The molecule has 0 saturated heterocycles. The summed E-state index contributed by atoms with van der Waals surface area (Å²) in [6.07, 6.45) is 2.41. The lowest BCUT2D eigenvalue weighted by atomic mass is 10.1. The lowest BCUT2D eigenvalue weighted by Gasteiger charge is -2.08. The molecule has 3 aromatic rings. The van der Waals surface area contributed by atoms with Gasteiger partial charge in [-0.1, -0.05) is 29.8 Å². The quantitative estimate of drug-likeness (QED) is 0.359. The van der Waals surface area contributed by atoms with Crippen molar-refractivity contribution < 1.29 is 14.8 Å². The molecule has 0 atom stereocenters. The van der Waals surface area contributed by atoms with Crippen LogP contribution in [0.3, 0.4) is 0 Å². The van der Waals surface area contributed by atoms with Gasteiger partial charge < -0.3 is 9.84 Å². The average molecular weight is 416 g/mol. The predicted molar refractivity (Wildman–Crippen MR) is 107 cm³/mol. The standard InChI is InChI=1S/C18H14ClN5O5/c1-29-16-8-14(24(27)28)11(7-15(16)25)9-20-22-13-10-21-23(18(26)17(13)19)12-5-3-2-4-6-12/h2-10,22,25H,1H3/b20-9+. The van der Waals surface area contributed by atoms with Gasteiger partial charge in [-0.05, 0) is 18.2 Å². The Kier molecular flexibility index (Phi) is 5.74. The van der Waals surface area contributed by atoms with Crippen LogP contribution in [0.4, 0.5) is 11.4 Å². The number of methoxy groups -OCH3 is 1. The third-order valence-corrected chi connectivity index (χ3v) is 4.20. The van der Waals surface area contributed by atoms with Gasteiger partial charge in [0.15, 0.2) is 11.5 Å².